The Morgan fingerprint density at radius 1 is 1.32 bits per heavy atom. The smallest absolute Gasteiger partial charge is 0.139 e. The van der Waals surface area contributed by atoms with E-state index < -0.39 is 13.0 Å². The molecule has 0 unspecified atom stereocenters. The lowest BCUT2D eigenvalue weighted by atomic mass is 10.2. The van der Waals surface area contributed by atoms with Crippen molar-refractivity contribution in [3.63, 3.8) is 0 Å². The second-order valence-corrected chi connectivity index (χ2v) is 6.52. The van der Waals surface area contributed by atoms with Gasteiger partial charge in [-0.3, -0.25) is 0 Å². The standard InChI is InChI=1S/C17H20N4S/c1-12-11-13-16(21-9-7-20(2)8-10-21)18-14-5-3-4-6-15(14)19-17(13)22-12/h3-6,11,19H,7-10H2,1-2H3/i7D2,8D2,11D. The summed E-state index contributed by atoms with van der Waals surface area (Å²) in [6.07, 6.45) is 0. The lowest BCUT2D eigenvalue weighted by molar-refractivity contribution is 0.216. The molecule has 2 aliphatic heterocycles. The van der Waals surface area contributed by atoms with E-state index in [0.717, 1.165) is 20.5 Å². The lowest BCUT2D eigenvalue weighted by Gasteiger charge is -2.34. The summed E-state index contributed by atoms with van der Waals surface area (Å²) in [6, 6.07) is 7.88. The Kier molecular flexibility index (Phi) is 2.29. The Balaban J connectivity index is 1.89. The Hall–Kier alpha value is -1.85. The first kappa shape index (κ1) is 9.33. The number of anilines is 2. The molecule has 114 valence electrons. The molecule has 1 saturated heterocycles. The van der Waals surface area contributed by atoms with E-state index in [1.807, 2.05) is 31.2 Å². The number of para-hydroxylation sites is 2. The first-order valence-electron chi connectivity index (χ1n) is 9.64. The van der Waals surface area contributed by atoms with E-state index in [0.29, 0.717) is 23.1 Å². The summed E-state index contributed by atoms with van der Waals surface area (Å²) < 4.78 is 41.6. The summed E-state index contributed by atoms with van der Waals surface area (Å²) in [5, 5.41) is 4.12. The number of nitrogens with one attached hydrogen (secondary N) is 1. The number of aliphatic imine (C=N–C) groups is 1. The number of hydrogen-bond acceptors (Lipinski definition) is 5. The SMILES string of the molecule is [2H]c1c(C)sc2c1C(N1CC([2H])([2H])N(C)C([2H])([2H])C1)=Nc1ccccc1N2. The first-order chi connectivity index (χ1) is 12.6. The van der Waals surface area contributed by atoms with E-state index in [1.165, 1.54) is 18.4 Å². The van der Waals surface area contributed by atoms with Crippen LogP contribution in [0.2, 0.25) is 0 Å². The third-order valence-electron chi connectivity index (χ3n) is 3.68. The highest BCUT2D eigenvalue weighted by molar-refractivity contribution is 7.16. The quantitative estimate of drug-likeness (QED) is 0.807. The van der Waals surface area contributed by atoms with Crippen molar-refractivity contribution in [3.05, 3.63) is 40.7 Å². The fourth-order valence-corrected chi connectivity index (χ4v) is 3.41. The van der Waals surface area contributed by atoms with Crippen molar-refractivity contribution in [1.29, 1.82) is 0 Å². The maximum Gasteiger partial charge on any atom is 0.139 e. The molecule has 0 bridgehead atoms. The van der Waals surface area contributed by atoms with Gasteiger partial charge in [-0.05, 0) is 32.1 Å². The number of thiophene rings is 1. The van der Waals surface area contributed by atoms with Crippen LogP contribution in [0.15, 0.2) is 35.3 Å². The second kappa shape index (κ2) is 5.41. The van der Waals surface area contributed by atoms with Crippen LogP contribution in [-0.2, 0) is 0 Å². The van der Waals surface area contributed by atoms with Crippen LogP contribution in [0.4, 0.5) is 16.4 Å². The van der Waals surface area contributed by atoms with Crippen LogP contribution in [0.25, 0.3) is 0 Å². The van der Waals surface area contributed by atoms with Gasteiger partial charge in [0, 0.05) is 36.4 Å². The molecule has 0 spiro atoms. The van der Waals surface area contributed by atoms with Crippen LogP contribution in [-0.4, -0.2) is 48.8 Å². The van der Waals surface area contributed by atoms with E-state index >= 15 is 0 Å². The highest BCUT2D eigenvalue weighted by Crippen LogP contribution is 2.39. The number of likely N-dealkylation sites (N-methyl/N-ethyl adjacent to an activating group) is 1. The van der Waals surface area contributed by atoms with Crippen molar-refractivity contribution in [2.75, 3.05) is 38.4 Å². The molecule has 1 fully saturated rings. The van der Waals surface area contributed by atoms with Crippen LogP contribution in [0.1, 0.15) is 17.3 Å². The Labute approximate surface area is 142 Å². The second-order valence-electron chi connectivity index (χ2n) is 5.30. The average Bonchev–Trinajstić information content (AvgIpc) is 2.77. The molecule has 0 saturated carbocycles. The zero-order valence-electron chi connectivity index (χ0n) is 17.5. The zero-order valence-corrected chi connectivity index (χ0v) is 13.3. The molecule has 4 rings (SSSR count). The molecule has 3 heterocycles. The van der Waals surface area contributed by atoms with Crippen LogP contribution in [0.5, 0.6) is 0 Å². The monoisotopic (exact) mass is 317 g/mol. The van der Waals surface area contributed by atoms with Crippen molar-refractivity contribution in [2.45, 2.75) is 6.92 Å². The number of amidine groups is 1. The van der Waals surface area contributed by atoms with Gasteiger partial charge in [0.2, 0.25) is 0 Å². The van der Waals surface area contributed by atoms with E-state index in [9.17, 15) is 0 Å². The van der Waals surface area contributed by atoms with Gasteiger partial charge in [-0.1, -0.05) is 12.1 Å². The van der Waals surface area contributed by atoms with Crippen LogP contribution in [0, 0.1) is 6.92 Å². The minimum atomic E-state index is -1.86. The average molecular weight is 317 g/mol. The summed E-state index contributed by atoms with van der Waals surface area (Å²) in [7, 11) is 1.46. The number of nitrogens with zero attached hydrogens (tertiary/aromatic N) is 3. The van der Waals surface area contributed by atoms with Crippen LogP contribution >= 0.6 is 11.3 Å². The van der Waals surface area contributed by atoms with Gasteiger partial charge in [0.1, 0.15) is 10.8 Å². The molecule has 0 atom stereocenters. The number of rotatable bonds is 0. The van der Waals surface area contributed by atoms with Crippen LogP contribution < -0.4 is 5.32 Å². The molecule has 0 aliphatic carbocycles. The van der Waals surface area contributed by atoms with Gasteiger partial charge in [-0.2, -0.15) is 0 Å². The maximum absolute atomic E-state index is 8.51. The van der Waals surface area contributed by atoms with E-state index in [1.54, 1.807) is 4.90 Å². The molecule has 22 heavy (non-hydrogen) atoms. The number of benzene rings is 1. The molecule has 4 nitrogen and oxygen atoms in total. The Morgan fingerprint density at radius 2 is 2.09 bits per heavy atom. The number of hydrogen-bond donors (Lipinski definition) is 1. The molecule has 0 amide bonds. The summed E-state index contributed by atoms with van der Waals surface area (Å²) in [5.74, 6) is 0.442. The molecular weight excluding hydrogens is 292 g/mol. The predicted octanol–water partition coefficient (Wildman–Crippen LogP) is 3.44. The molecule has 0 radical (unpaired) electrons. The van der Waals surface area contributed by atoms with Gasteiger partial charge < -0.3 is 15.1 Å². The molecule has 2 aliphatic rings. The predicted molar refractivity (Wildman–Crippen MR) is 94.0 cm³/mol. The van der Waals surface area contributed by atoms with Gasteiger partial charge in [0.15, 0.2) is 0 Å². The third kappa shape index (κ3) is 2.40. The zero-order chi connectivity index (χ0) is 19.6. The summed E-state index contributed by atoms with van der Waals surface area (Å²) >= 11 is 1.46. The van der Waals surface area contributed by atoms with Gasteiger partial charge in [0.05, 0.1) is 18.3 Å². The molecule has 5 heteroatoms. The van der Waals surface area contributed by atoms with Gasteiger partial charge in [-0.15, -0.1) is 11.3 Å². The Morgan fingerprint density at radius 3 is 2.91 bits per heavy atom. The van der Waals surface area contributed by atoms with E-state index in [4.69, 9.17) is 11.8 Å². The Bertz CT molecular complexity index is 921. The van der Waals surface area contributed by atoms with Crippen molar-refractivity contribution < 1.29 is 6.85 Å². The highest BCUT2D eigenvalue weighted by atomic mass is 32.1. The minimum Gasteiger partial charge on any atom is -0.353 e. The largest absolute Gasteiger partial charge is 0.353 e. The normalized spacial score (nSPS) is 26.0. The molecule has 1 N–H and O–H groups in total. The van der Waals surface area contributed by atoms with Gasteiger partial charge >= 0.3 is 0 Å². The van der Waals surface area contributed by atoms with Gasteiger partial charge in [-0.25, -0.2) is 4.99 Å². The van der Waals surface area contributed by atoms with Crippen molar-refractivity contribution >= 4 is 33.5 Å². The van der Waals surface area contributed by atoms with Crippen molar-refractivity contribution in [3.8, 4) is 0 Å². The molecule has 1 aromatic carbocycles. The van der Waals surface area contributed by atoms with Crippen molar-refractivity contribution in [1.82, 2.24) is 9.80 Å². The number of aryl methyl sites for hydroxylation is 1. The molecule has 1 aromatic heterocycles. The van der Waals surface area contributed by atoms with E-state index in [-0.39, 0.29) is 13.1 Å². The fraction of sp³-hybridized carbons (Fsp3) is 0.353. The molecule has 2 aromatic rings. The summed E-state index contributed by atoms with van der Waals surface area (Å²) in [5.41, 5.74) is 2.10. The lowest BCUT2D eigenvalue weighted by Crippen LogP contribution is -2.47. The molecular formula is C17H20N4S. The fourth-order valence-electron chi connectivity index (χ4n) is 2.55. The summed E-state index contributed by atoms with van der Waals surface area (Å²) in [4.78, 5) is 8.34. The third-order valence-corrected chi connectivity index (χ3v) is 4.60. The first-order valence-corrected chi connectivity index (χ1v) is 7.96. The summed E-state index contributed by atoms with van der Waals surface area (Å²) in [6.45, 7) is -1.92. The highest BCUT2D eigenvalue weighted by Gasteiger charge is 2.25. The topological polar surface area (TPSA) is 30.9 Å². The number of piperazine rings is 1. The van der Waals surface area contributed by atoms with Crippen molar-refractivity contribution in [2.24, 2.45) is 4.99 Å². The number of fused-ring (bicyclic) bond motifs is 2. The van der Waals surface area contributed by atoms with Crippen LogP contribution in [0.3, 0.4) is 0 Å². The van der Waals surface area contributed by atoms with E-state index in [2.05, 4.69) is 5.32 Å². The minimum absolute atomic E-state index is 0.0300. The maximum atomic E-state index is 8.51. The van der Waals surface area contributed by atoms with Gasteiger partial charge in [0.25, 0.3) is 0 Å².